The van der Waals surface area contributed by atoms with Gasteiger partial charge in [0.15, 0.2) is 0 Å². The van der Waals surface area contributed by atoms with Gasteiger partial charge >= 0.3 is 5.97 Å². The van der Waals surface area contributed by atoms with Gasteiger partial charge in [0.05, 0.1) is 17.5 Å². The monoisotopic (exact) mass is 463 g/mol. The molecule has 0 amide bonds. The molecule has 1 heterocycles. The van der Waals surface area contributed by atoms with Crippen molar-refractivity contribution >= 4 is 35.2 Å². The number of hydrogen-bond acceptors (Lipinski definition) is 6. The number of oxime groups is 1. The number of carboxylic acids is 1. The molecule has 31 heavy (non-hydrogen) atoms. The van der Waals surface area contributed by atoms with E-state index in [1.165, 1.54) is 0 Å². The van der Waals surface area contributed by atoms with Crippen LogP contribution in [0.3, 0.4) is 0 Å². The second-order valence-electron chi connectivity index (χ2n) is 7.34. The zero-order chi connectivity index (χ0) is 22.4. The molecule has 6 nitrogen and oxygen atoms in total. The Kier molecular flexibility index (Phi) is 8.09. The highest BCUT2D eigenvalue weighted by molar-refractivity contribution is 7.99. The molecule has 2 aliphatic rings. The Morgan fingerprint density at radius 3 is 2.87 bits per heavy atom. The number of benzene rings is 1. The van der Waals surface area contributed by atoms with Gasteiger partial charge < -0.3 is 19.8 Å². The van der Waals surface area contributed by atoms with Crippen molar-refractivity contribution in [2.24, 2.45) is 5.16 Å². The van der Waals surface area contributed by atoms with Crippen LogP contribution in [0.1, 0.15) is 44.6 Å². The Bertz CT molecular complexity index is 967. The molecular weight excluding hydrogens is 438 g/mol. The molecule has 0 saturated heterocycles. The zero-order valence-corrected chi connectivity index (χ0v) is 19.1. The van der Waals surface area contributed by atoms with Crippen LogP contribution in [0.4, 0.5) is 0 Å². The molecule has 1 unspecified atom stereocenters. The largest absolute Gasteiger partial charge is 0.493 e. The Morgan fingerprint density at radius 2 is 2.19 bits per heavy atom. The fourth-order valence-corrected chi connectivity index (χ4v) is 4.63. The highest BCUT2D eigenvalue weighted by Gasteiger charge is 2.26. The number of nitrogens with zero attached hydrogens (tertiary/aromatic N) is 1. The van der Waals surface area contributed by atoms with Gasteiger partial charge in [-0.1, -0.05) is 31.0 Å². The predicted molar refractivity (Wildman–Crippen MR) is 122 cm³/mol. The van der Waals surface area contributed by atoms with Crippen LogP contribution in [-0.4, -0.2) is 41.1 Å². The smallest absolute Gasteiger partial charge is 0.310 e. The molecule has 3 rings (SSSR count). The van der Waals surface area contributed by atoms with Crippen molar-refractivity contribution < 1.29 is 24.6 Å². The number of allylic oxidation sites excluding steroid dienone is 2. The minimum atomic E-state index is -0.866. The van der Waals surface area contributed by atoms with E-state index in [2.05, 4.69) is 12.1 Å². The van der Waals surface area contributed by atoms with Crippen LogP contribution < -0.4 is 0 Å². The highest BCUT2D eigenvalue weighted by Crippen LogP contribution is 2.37. The van der Waals surface area contributed by atoms with Crippen molar-refractivity contribution in [3.05, 3.63) is 63.4 Å². The van der Waals surface area contributed by atoms with Crippen LogP contribution in [0, 0.1) is 0 Å². The first-order valence-electron chi connectivity index (χ1n) is 10.2. The molecule has 0 spiro atoms. The quantitative estimate of drug-likeness (QED) is 0.198. The second-order valence-corrected chi connectivity index (χ2v) is 8.89. The maximum absolute atomic E-state index is 11.1. The van der Waals surface area contributed by atoms with Gasteiger partial charge in [0, 0.05) is 27.9 Å². The lowest BCUT2D eigenvalue weighted by Crippen LogP contribution is -2.13. The average molecular weight is 464 g/mol. The summed E-state index contributed by atoms with van der Waals surface area (Å²) in [6.07, 6.45) is 6.44. The molecule has 1 aromatic carbocycles. The number of aliphatic carboxylic acids is 1. The van der Waals surface area contributed by atoms with Gasteiger partial charge in [-0.15, -0.1) is 11.8 Å². The third kappa shape index (κ3) is 5.66. The summed E-state index contributed by atoms with van der Waals surface area (Å²) < 4.78 is 11.5. The molecule has 1 aliphatic heterocycles. The van der Waals surface area contributed by atoms with E-state index in [0.29, 0.717) is 23.8 Å². The summed E-state index contributed by atoms with van der Waals surface area (Å²) in [5, 5.41) is 21.8. The number of carbonyl (C=O) groups is 1. The zero-order valence-electron chi connectivity index (χ0n) is 17.6. The lowest BCUT2D eigenvalue weighted by molar-refractivity contribution is -0.138. The molecule has 1 aliphatic carbocycles. The Morgan fingerprint density at radius 1 is 1.39 bits per heavy atom. The summed E-state index contributed by atoms with van der Waals surface area (Å²) in [6.45, 7) is 4.72. The van der Waals surface area contributed by atoms with Gasteiger partial charge in [-0.2, -0.15) is 0 Å². The average Bonchev–Trinajstić information content (AvgIpc) is 3.10. The van der Waals surface area contributed by atoms with Crippen molar-refractivity contribution in [1.29, 1.82) is 0 Å². The van der Waals surface area contributed by atoms with E-state index < -0.39 is 11.9 Å². The number of thioether (sulfide) groups is 1. The highest BCUT2D eigenvalue weighted by atomic mass is 35.5. The molecule has 8 heteroatoms. The summed E-state index contributed by atoms with van der Waals surface area (Å²) >= 11 is 7.96. The third-order valence-electron chi connectivity index (χ3n) is 5.17. The lowest BCUT2D eigenvalue weighted by Gasteiger charge is -2.16. The molecule has 0 aromatic heterocycles. The molecule has 0 bridgehead atoms. The summed E-state index contributed by atoms with van der Waals surface area (Å²) in [6, 6.07) is 5.42. The van der Waals surface area contributed by atoms with Gasteiger partial charge in [0.25, 0.3) is 5.90 Å². The van der Waals surface area contributed by atoms with Gasteiger partial charge in [-0.25, -0.2) is 0 Å². The maximum atomic E-state index is 11.1. The van der Waals surface area contributed by atoms with Crippen LogP contribution >= 0.6 is 23.4 Å². The van der Waals surface area contributed by atoms with Crippen molar-refractivity contribution in [2.75, 3.05) is 19.0 Å². The molecule has 0 fully saturated rings. The van der Waals surface area contributed by atoms with Gasteiger partial charge in [0.1, 0.15) is 12.4 Å². The maximum Gasteiger partial charge on any atom is 0.310 e. The third-order valence-corrected chi connectivity index (χ3v) is 6.75. The minimum absolute atomic E-state index is 0.212. The van der Waals surface area contributed by atoms with Crippen molar-refractivity contribution in [3.63, 3.8) is 0 Å². The van der Waals surface area contributed by atoms with E-state index >= 15 is 0 Å². The molecular formula is C23H26ClNO5S. The first-order chi connectivity index (χ1) is 14.9. The van der Waals surface area contributed by atoms with Crippen LogP contribution in [-0.2, 0) is 14.3 Å². The molecule has 2 N–H and O–H groups in total. The number of carboxylic acid groups (broad SMARTS) is 1. The number of fused-ring (bicyclic) bond motifs is 1. The topological polar surface area (TPSA) is 88.4 Å². The van der Waals surface area contributed by atoms with Crippen molar-refractivity contribution in [1.82, 2.24) is 0 Å². The van der Waals surface area contributed by atoms with E-state index in [1.54, 1.807) is 30.8 Å². The molecule has 0 radical (unpaired) electrons. The van der Waals surface area contributed by atoms with E-state index in [9.17, 15) is 4.79 Å². The fraction of sp³-hybridized carbons (Fsp3) is 0.391. The SMILES string of the molecule is CCCC1=C2COC(=NO)C=C2C=C1OCCCSc1ccc(C(C)C(=O)O)cc1Cl. The van der Waals surface area contributed by atoms with Gasteiger partial charge in [-0.05, 0) is 54.3 Å². The van der Waals surface area contributed by atoms with Crippen molar-refractivity contribution in [2.45, 2.75) is 43.9 Å². The fourth-order valence-electron chi connectivity index (χ4n) is 3.44. The number of halogens is 1. The summed E-state index contributed by atoms with van der Waals surface area (Å²) in [5.74, 6) is 0.451. The number of rotatable bonds is 10. The first-order valence-corrected chi connectivity index (χ1v) is 11.6. The number of ether oxygens (including phenoxy) is 2. The Balaban J connectivity index is 1.53. The normalized spacial score (nSPS) is 17.7. The first kappa shape index (κ1) is 23.3. The molecule has 166 valence electrons. The summed E-state index contributed by atoms with van der Waals surface area (Å²) in [5.41, 5.74) is 3.93. The van der Waals surface area contributed by atoms with E-state index in [4.69, 9.17) is 31.4 Å². The van der Waals surface area contributed by atoms with Crippen molar-refractivity contribution in [3.8, 4) is 0 Å². The second kappa shape index (κ2) is 10.8. The standard InChI is InChI=1S/C23H26ClNO5S/c1-3-5-17-18-13-30-22(25-28)12-16(18)11-20(17)29-8-4-9-31-21-7-6-15(10-19(21)24)14(2)23(26)27/h6-7,10-12,14,28H,3-5,8-9,13H2,1-2H3,(H,26,27). The van der Waals surface area contributed by atoms with Crippen LogP contribution in [0.5, 0.6) is 0 Å². The Labute approximate surface area is 191 Å². The summed E-state index contributed by atoms with van der Waals surface area (Å²) in [7, 11) is 0. The minimum Gasteiger partial charge on any atom is -0.493 e. The van der Waals surface area contributed by atoms with Crippen LogP contribution in [0.25, 0.3) is 0 Å². The van der Waals surface area contributed by atoms with E-state index in [-0.39, 0.29) is 5.90 Å². The lowest BCUT2D eigenvalue weighted by atomic mass is 10.0. The summed E-state index contributed by atoms with van der Waals surface area (Å²) in [4.78, 5) is 12.1. The van der Waals surface area contributed by atoms with Gasteiger partial charge in [-0.3, -0.25) is 4.79 Å². The van der Waals surface area contributed by atoms with Crippen LogP contribution in [0.2, 0.25) is 5.02 Å². The predicted octanol–water partition coefficient (Wildman–Crippen LogP) is 5.77. The van der Waals surface area contributed by atoms with E-state index in [1.807, 2.05) is 18.2 Å². The molecule has 1 aromatic rings. The molecule has 0 saturated carbocycles. The Hall–Kier alpha value is -2.38. The molecule has 1 atom stereocenters. The van der Waals surface area contributed by atoms with Crippen LogP contribution in [0.15, 0.2) is 62.9 Å². The number of hydrogen-bond donors (Lipinski definition) is 2. The van der Waals surface area contributed by atoms with E-state index in [0.717, 1.165) is 52.4 Å². The van der Waals surface area contributed by atoms with Gasteiger partial charge in [0.2, 0.25) is 0 Å².